The lowest BCUT2D eigenvalue weighted by Crippen LogP contribution is -2.25. The van der Waals surface area contributed by atoms with Crippen LogP contribution in [-0.2, 0) is 13.0 Å². The second-order valence-electron chi connectivity index (χ2n) is 4.93. The van der Waals surface area contributed by atoms with Crippen LogP contribution in [0.4, 0.5) is 0 Å². The number of nitrogens with zero attached hydrogens (tertiary/aromatic N) is 5. The highest BCUT2D eigenvalue weighted by Gasteiger charge is 2.09. The molecule has 0 aliphatic rings. The molecule has 8 nitrogen and oxygen atoms in total. The Hall–Kier alpha value is -3.03. The Kier molecular flexibility index (Phi) is 4.41. The molecule has 0 unspecified atom stereocenters. The number of carbonyl (C=O) groups is 1. The van der Waals surface area contributed by atoms with Gasteiger partial charge in [0.1, 0.15) is 5.82 Å². The number of pyridine rings is 1. The number of H-pyrrole nitrogens is 1. The summed E-state index contributed by atoms with van der Waals surface area (Å²) in [5, 5.41) is 14.0. The normalized spacial score (nSPS) is 10.7. The van der Waals surface area contributed by atoms with Gasteiger partial charge in [-0.15, -0.1) is 0 Å². The van der Waals surface area contributed by atoms with Crippen LogP contribution in [0, 0.1) is 0 Å². The molecule has 0 aromatic carbocycles. The minimum Gasteiger partial charge on any atom is -0.351 e. The molecular formula is C15H17N7O. The molecule has 0 aliphatic heterocycles. The van der Waals surface area contributed by atoms with Gasteiger partial charge in [0.05, 0.1) is 11.8 Å². The van der Waals surface area contributed by atoms with E-state index in [1.165, 1.54) is 0 Å². The van der Waals surface area contributed by atoms with E-state index in [0.29, 0.717) is 24.4 Å². The molecule has 2 N–H and O–H groups in total. The van der Waals surface area contributed by atoms with Crippen molar-refractivity contribution < 1.29 is 4.79 Å². The summed E-state index contributed by atoms with van der Waals surface area (Å²) in [5.41, 5.74) is 1.46. The fourth-order valence-corrected chi connectivity index (χ4v) is 2.09. The molecule has 8 heteroatoms. The molecule has 0 spiro atoms. The third kappa shape index (κ3) is 3.60. The van der Waals surface area contributed by atoms with Gasteiger partial charge in [-0.3, -0.25) is 19.6 Å². The highest BCUT2D eigenvalue weighted by Crippen LogP contribution is 2.12. The van der Waals surface area contributed by atoms with Gasteiger partial charge in [-0.25, -0.2) is 4.98 Å². The number of aromatic nitrogens is 6. The van der Waals surface area contributed by atoms with E-state index >= 15 is 0 Å². The Morgan fingerprint density at radius 2 is 2.17 bits per heavy atom. The van der Waals surface area contributed by atoms with Gasteiger partial charge in [-0.2, -0.15) is 10.2 Å². The molecular weight excluding hydrogens is 294 g/mol. The van der Waals surface area contributed by atoms with Crippen molar-refractivity contribution >= 4 is 5.91 Å². The SMILES string of the molecule is CCn1cc(C(=O)NCCc2nc(-c3ccncc3)n[nH]2)cn1. The van der Waals surface area contributed by atoms with Gasteiger partial charge in [-0.1, -0.05) is 0 Å². The Bertz CT molecular complexity index is 778. The maximum atomic E-state index is 12.0. The molecule has 3 aromatic rings. The van der Waals surface area contributed by atoms with Crippen LogP contribution in [0.1, 0.15) is 23.1 Å². The van der Waals surface area contributed by atoms with E-state index in [9.17, 15) is 4.79 Å². The third-order valence-corrected chi connectivity index (χ3v) is 3.34. The summed E-state index contributed by atoms with van der Waals surface area (Å²) in [6.07, 6.45) is 7.26. The fourth-order valence-electron chi connectivity index (χ4n) is 2.09. The van der Waals surface area contributed by atoms with E-state index in [0.717, 1.165) is 17.9 Å². The van der Waals surface area contributed by atoms with Crippen LogP contribution in [0.15, 0.2) is 36.9 Å². The first-order valence-corrected chi connectivity index (χ1v) is 7.38. The predicted octanol–water partition coefficient (Wildman–Crippen LogP) is 1.06. The number of hydrogen-bond acceptors (Lipinski definition) is 5. The van der Waals surface area contributed by atoms with Gasteiger partial charge < -0.3 is 5.32 Å². The lowest BCUT2D eigenvalue weighted by atomic mass is 10.2. The van der Waals surface area contributed by atoms with Crippen molar-refractivity contribution in [2.45, 2.75) is 19.9 Å². The van der Waals surface area contributed by atoms with Crippen LogP contribution in [-0.4, -0.2) is 42.4 Å². The Labute approximate surface area is 133 Å². The summed E-state index contributed by atoms with van der Waals surface area (Å²) in [5.74, 6) is 1.21. The van der Waals surface area contributed by atoms with Crippen molar-refractivity contribution in [1.29, 1.82) is 0 Å². The quantitative estimate of drug-likeness (QED) is 0.708. The largest absolute Gasteiger partial charge is 0.351 e. The Morgan fingerprint density at radius 1 is 1.35 bits per heavy atom. The van der Waals surface area contributed by atoms with E-state index in [2.05, 4.69) is 30.6 Å². The highest BCUT2D eigenvalue weighted by molar-refractivity contribution is 5.93. The van der Waals surface area contributed by atoms with Crippen molar-refractivity contribution in [2.24, 2.45) is 0 Å². The topological polar surface area (TPSA) is 101 Å². The zero-order valence-corrected chi connectivity index (χ0v) is 12.7. The Morgan fingerprint density at radius 3 is 2.91 bits per heavy atom. The van der Waals surface area contributed by atoms with Gasteiger partial charge in [0, 0.05) is 43.7 Å². The summed E-state index contributed by atoms with van der Waals surface area (Å²) in [6, 6.07) is 3.69. The summed E-state index contributed by atoms with van der Waals surface area (Å²) < 4.78 is 1.71. The molecule has 0 fully saturated rings. The molecule has 3 rings (SSSR count). The number of nitrogens with one attached hydrogen (secondary N) is 2. The molecule has 0 bridgehead atoms. The molecule has 0 saturated heterocycles. The lowest BCUT2D eigenvalue weighted by molar-refractivity contribution is 0.0954. The molecule has 0 radical (unpaired) electrons. The van der Waals surface area contributed by atoms with E-state index in [4.69, 9.17) is 0 Å². The van der Waals surface area contributed by atoms with Crippen molar-refractivity contribution in [3.8, 4) is 11.4 Å². The highest BCUT2D eigenvalue weighted by atomic mass is 16.1. The van der Waals surface area contributed by atoms with Gasteiger partial charge in [-0.05, 0) is 19.1 Å². The van der Waals surface area contributed by atoms with Crippen LogP contribution in [0.3, 0.4) is 0 Å². The predicted molar refractivity (Wildman–Crippen MR) is 83.6 cm³/mol. The monoisotopic (exact) mass is 311 g/mol. The number of hydrogen-bond donors (Lipinski definition) is 2. The van der Waals surface area contributed by atoms with Gasteiger partial charge in [0.25, 0.3) is 5.91 Å². The van der Waals surface area contributed by atoms with E-state index in [1.54, 1.807) is 29.5 Å². The van der Waals surface area contributed by atoms with Crippen molar-refractivity contribution in [2.75, 3.05) is 6.54 Å². The molecule has 3 heterocycles. The van der Waals surface area contributed by atoms with Crippen LogP contribution in [0.2, 0.25) is 0 Å². The molecule has 23 heavy (non-hydrogen) atoms. The summed E-state index contributed by atoms with van der Waals surface area (Å²) in [7, 11) is 0. The minimum atomic E-state index is -0.140. The maximum Gasteiger partial charge on any atom is 0.254 e. The van der Waals surface area contributed by atoms with Crippen LogP contribution >= 0.6 is 0 Å². The molecule has 3 aromatic heterocycles. The maximum absolute atomic E-state index is 12.0. The molecule has 0 atom stereocenters. The standard InChI is InChI=1S/C15H17N7O/c1-2-22-10-12(9-18-22)15(23)17-8-5-13-19-14(21-20-13)11-3-6-16-7-4-11/h3-4,6-7,9-10H,2,5,8H2,1H3,(H,17,23)(H,19,20,21). The average molecular weight is 311 g/mol. The first-order valence-electron chi connectivity index (χ1n) is 7.38. The second-order valence-corrected chi connectivity index (χ2v) is 4.93. The van der Waals surface area contributed by atoms with Crippen LogP contribution in [0.5, 0.6) is 0 Å². The third-order valence-electron chi connectivity index (χ3n) is 3.34. The van der Waals surface area contributed by atoms with Crippen molar-refractivity contribution in [3.63, 3.8) is 0 Å². The lowest BCUT2D eigenvalue weighted by Gasteiger charge is -2.01. The van der Waals surface area contributed by atoms with Gasteiger partial charge in [0.15, 0.2) is 5.82 Å². The zero-order chi connectivity index (χ0) is 16.1. The summed E-state index contributed by atoms with van der Waals surface area (Å²) in [6.45, 7) is 3.18. The van der Waals surface area contributed by atoms with Crippen LogP contribution < -0.4 is 5.32 Å². The molecule has 1 amide bonds. The summed E-state index contributed by atoms with van der Waals surface area (Å²) >= 11 is 0. The zero-order valence-electron chi connectivity index (χ0n) is 12.7. The van der Waals surface area contributed by atoms with Crippen LogP contribution in [0.25, 0.3) is 11.4 Å². The molecule has 0 saturated carbocycles. The molecule has 118 valence electrons. The van der Waals surface area contributed by atoms with E-state index in [-0.39, 0.29) is 5.91 Å². The first-order chi connectivity index (χ1) is 11.3. The number of amides is 1. The van der Waals surface area contributed by atoms with Gasteiger partial charge in [0.2, 0.25) is 0 Å². The van der Waals surface area contributed by atoms with E-state index in [1.807, 2.05) is 19.1 Å². The fraction of sp³-hybridized carbons (Fsp3) is 0.267. The average Bonchev–Trinajstić information content (AvgIpc) is 3.25. The molecule has 0 aliphatic carbocycles. The summed E-state index contributed by atoms with van der Waals surface area (Å²) in [4.78, 5) is 20.3. The minimum absolute atomic E-state index is 0.140. The number of carbonyl (C=O) groups excluding carboxylic acids is 1. The van der Waals surface area contributed by atoms with Crippen molar-refractivity contribution in [1.82, 2.24) is 35.3 Å². The number of aromatic amines is 1. The second kappa shape index (κ2) is 6.82. The smallest absolute Gasteiger partial charge is 0.254 e. The van der Waals surface area contributed by atoms with Gasteiger partial charge >= 0.3 is 0 Å². The van der Waals surface area contributed by atoms with Crippen molar-refractivity contribution in [3.05, 3.63) is 48.3 Å². The number of rotatable bonds is 6. The Balaban J connectivity index is 1.53. The first kappa shape index (κ1) is 14.9. The number of aryl methyl sites for hydroxylation is 1. The van der Waals surface area contributed by atoms with E-state index < -0.39 is 0 Å².